The molecule has 2 aromatic rings. The molecule has 3 heterocycles. The van der Waals surface area contributed by atoms with Crippen LogP contribution in [0.3, 0.4) is 0 Å². The van der Waals surface area contributed by atoms with Gasteiger partial charge in [-0.15, -0.1) is 0 Å². The molecule has 2 saturated heterocycles. The zero-order valence-electron chi connectivity index (χ0n) is 13.9. The Bertz CT molecular complexity index is 740. The minimum atomic E-state index is -0.270. The van der Waals surface area contributed by atoms with Crippen molar-refractivity contribution < 1.29 is 18.4 Å². The highest BCUT2D eigenvalue weighted by atomic mass is 19.1. The fourth-order valence-corrected chi connectivity index (χ4v) is 3.51. The van der Waals surface area contributed by atoms with Gasteiger partial charge in [0.15, 0.2) is 5.82 Å². The first-order chi connectivity index (χ1) is 12.2. The van der Waals surface area contributed by atoms with E-state index >= 15 is 0 Å². The first-order valence-electron chi connectivity index (χ1n) is 8.66. The van der Waals surface area contributed by atoms with Crippen molar-refractivity contribution in [3.63, 3.8) is 0 Å². The number of benzene rings is 1. The van der Waals surface area contributed by atoms with Crippen LogP contribution in [-0.4, -0.2) is 40.7 Å². The Hall–Kier alpha value is -2.28. The van der Waals surface area contributed by atoms with E-state index in [0.717, 1.165) is 31.4 Å². The lowest BCUT2D eigenvalue weighted by molar-refractivity contribution is -0.136. The minimum absolute atomic E-state index is 0.0535. The smallest absolute Gasteiger partial charge is 0.249 e. The summed E-state index contributed by atoms with van der Waals surface area (Å²) in [5, 5.41) is 4.03. The third-order valence-electron chi connectivity index (χ3n) is 4.86. The van der Waals surface area contributed by atoms with Crippen LogP contribution in [0.2, 0.25) is 0 Å². The molecule has 1 aromatic heterocycles. The SMILES string of the molecule is O=C([C@H]1CCOC1)N1CCC[C@@H]1c1nc(Cc2ccc(F)cc2)no1. The predicted octanol–water partition coefficient (Wildman–Crippen LogP) is 2.50. The number of rotatable bonds is 4. The van der Waals surface area contributed by atoms with Gasteiger partial charge in [0.25, 0.3) is 0 Å². The normalized spacial score (nSPS) is 23.3. The molecule has 0 aliphatic carbocycles. The Morgan fingerprint density at radius 2 is 2.12 bits per heavy atom. The monoisotopic (exact) mass is 345 g/mol. The zero-order chi connectivity index (χ0) is 17.2. The van der Waals surface area contributed by atoms with Gasteiger partial charge in [0.05, 0.1) is 12.5 Å². The van der Waals surface area contributed by atoms with Gasteiger partial charge in [-0.25, -0.2) is 4.39 Å². The maximum atomic E-state index is 13.0. The molecule has 7 heteroatoms. The molecule has 0 N–H and O–H groups in total. The summed E-state index contributed by atoms with van der Waals surface area (Å²) in [7, 11) is 0. The lowest BCUT2D eigenvalue weighted by Gasteiger charge is -2.24. The molecule has 2 atom stereocenters. The van der Waals surface area contributed by atoms with E-state index in [1.165, 1.54) is 12.1 Å². The van der Waals surface area contributed by atoms with Crippen LogP contribution < -0.4 is 0 Å². The van der Waals surface area contributed by atoms with Gasteiger partial charge in [0.2, 0.25) is 11.8 Å². The van der Waals surface area contributed by atoms with Gasteiger partial charge in [0, 0.05) is 19.6 Å². The van der Waals surface area contributed by atoms with Crippen molar-refractivity contribution in [3.8, 4) is 0 Å². The average molecular weight is 345 g/mol. The molecule has 132 valence electrons. The van der Waals surface area contributed by atoms with Crippen LogP contribution in [0.25, 0.3) is 0 Å². The van der Waals surface area contributed by atoms with Crippen molar-refractivity contribution >= 4 is 5.91 Å². The second-order valence-corrected chi connectivity index (χ2v) is 6.60. The van der Waals surface area contributed by atoms with E-state index in [1.807, 2.05) is 4.90 Å². The van der Waals surface area contributed by atoms with E-state index in [1.54, 1.807) is 12.1 Å². The number of carbonyl (C=O) groups is 1. The quantitative estimate of drug-likeness (QED) is 0.852. The molecule has 0 saturated carbocycles. The van der Waals surface area contributed by atoms with Gasteiger partial charge in [-0.1, -0.05) is 17.3 Å². The Morgan fingerprint density at radius 1 is 1.28 bits per heavy atom. The van der Waals surface area contributed by atoms with Gasteiger partial charge in [-0.3, -0.25) is 4.79 Å². The minimum Gasteiger partial charge on any atom is -0.381 e. The number of ether oxygens (including phenoxy) is 1. The highest BCUT2D eigenvalue weighted by molar-refractivity contribution is 5.79. The van der Waals surface area contributed by atoms with E-state index in [2.05, 4.69) is 10.1 Å². The van der Waals surface area contributed by atoms with Crippen LogP contribution in [0, 0.1) is 11.7 Å². The maximum absolute atomic E-state index is 13.0. The first kappa shape index (κ1) is 16.2. The molecule has 0 radical (unpaired) electrons. The highest BCUT2D eigenvalue weighted by Gasteiger charge is 2.38. The molecule has 25 heavy (non-hydrogen) atoms. The molecule has 2 aliphatic rings. The van der Waals surface area contributed by atoms with Crippen LogP contribution in [0.5, 0.6) is 0 Å². The van der Waals surface area contributed by atoms with Gasteiger partial charge in [0.1, 0.15) is 11.9 Å². The lowest BCUT2D eigenvalue weighted by atomic mass is 10.1. The standard InChI is InChI=1S/C18H20FN3O3/c19-14-5-3-12(4-6-14)10-16-20-17(25-21-16)15-2-1-8-22(15)18(23)13-7-9-24-11-13/h3-6,13,15H,1-2,7-11H2/t13-,15+/m0/s1. The van der Waals surface area contributed by atoms with E-state index in [0.29, 0.717) is 31.3 Å². The molecule has 0 bridgehead atoms. The molecular weight excluding hydrogens is 325 g/mol. The number of likely N-dealkylation sites (tertiary alicyclic amines) is 1. The number of hydrogen-bond acceptors (Lipinski definition) is 5. The molecule has 1 amide bonds. The van der Waals surface area contributed by atoms with E-state index in [9.17, 15) is 9.18 Å². The molecule has 2 fully saturated rings. The Labute approximate surface area is 145 Å². The summed E-state index contributed by atoms with van der Waals surface area (Å²) in [6.45, 7) is 1.87. The number of amides is 1. The summed E-state index contributed by atoms with van der Waals surface area (Å²) in [6, 6.07) is 6.09. The number of hydrogen-bond donors (Lipinski definition) is 0. The summed E-state index contributed by atoms with van der Waals surface area (Å²) in [5.41, 5.74) is 0.913. The molecule has 0 spiro atoms. The molecule has 1 aromatic carbocycles. The summed E-state index contributed by atoms with van der Waals surface area (Å²) in [4.78, 5) is 19.0. The van der Waals surface area contributed by atoms with Crippen LogP contribution in [0.15, 0.2) is 28.8 Å². The van der Waals surface area contributed by atoms with Crippen molar-refractivity contribution in [1.29, 1.82) is 0 Å². The summed E-state index contributed by atoms with van der Waals surface area (Å²) in [6.07, 6.45) is 3.01. The lowest BCUT2D eigenvalue weighted by Crippen LogP contribution is -2.36. The first-order valence-corrected chi connectivity index (χ1v) is 8.66. The van der Waals surface area contributed by atoms with Crippen LogP contribution >= 0.6 is 0 Å². The van der Waals surface area contributed by atoms with Crippen LogP contribution in [-0.2, 0) is 16.0 Å². The van der Waals surface area contributed by atoms with E-state index in [4.69, 9.17) is 9.26 Å². The topological polar surface area (TPSA) is 68.5 Å². The number of halogens is 1. The number of nitrogens with zero attached hydrogens (tertiary/aromatic N) is 3. The van der Waals surface area contributed by atoms with Crippen molar-refractivity contribution in [2.24, 2.45) is 5.92 Å². The summed E-state index contributed by atoms with van der Waals surface area (Å²) in [5.74, 6) is 0.834. The van der Waals surface area contributed by atoms with Gasteiger partial charge < -0.3 is 14.2 Å². The largest absolute Gasteiger partial charge is 0.381 e. The van der Waals surface area contributed by atoms with Gasteiger partial charge in [-0.2, -0.15) is 4.98 Å². The fourth-order valence-electron chi connectivity index (χ4n) is 3.51. The average Bonchev–Trinajstić information content (AvgIpc) is 3.37. The zero-order valence-corrected chi connectivity index (χ0v) is 13.9. The van der Waals surface area contributed by atoms with E-state index in [-0.39, 0.29) is 23.7 Å². The molecule has 4 rings (SSSR count). The third kappa shape index (κ3) is 3.42. The summed E-state index contributed by atoms with van der Waals surface area (Å²) < 4.78 is 23.7. The van der Waals surface area contributed by atoms with Gasteiger partial charge >= 0.3 is 0 Å². The summed E-state index contributed by atoms with van der Waals surface area (Å²) >= 11 is 0. The predicted molar refractivity (Wildman–Crippen MR) is 86.1 cm³/mol. The Balaban J connectivity index is 1.46. The van der Waals surface area contributed by atoms with Crippen molar-refractivity contribution in [2.45, 2.75) is 31.7 Å². The Kier molecular flexibility index (Phi) is 4.48. The Morgan fingerprint density at radius 3 is 2.88 bits per heavy atom. The molecule has 0 unspecified atom stereocenters. The van der Waals surface area contributed by atoms with Gasteiger partial charge in [-0.05, 0) is 37.0 Å². The van der Waals surface area contributed by atoms with Crippen LogP contribution in [0.1, 0.15) is 42.6 Å². The number of aromatic nitrogens is 2. The van der Waals surface area contributed by atoms with Crippen molar-refractivity contribution in [2.75, 3.05) is 19.8 Å². The van der Waals surface area contributed by atoms with E-state index < -0.39 is 0 Å². The van der Waals surface area contributed by atoms with Crippen molar-refractivity contribution in [1.82, 2.24) is 15.0 Å². The third-order valence-corrected chi connectivity index (χ3v) is 4.86. The second kappa shape index (κ2) is 6.92. The molecule has 6 nitrogen and oxygen atoms in total. The fraction of sp³-hybridized carbons (Fsp3) is 0.500. The second-order valence-electron chi connectivity index (χ2n) is 6.60. The molecule has 2 aliphatic heterocycles. The van der Waals surface area contributed by atoms with Crippen LogP contribution in [0.4, 0.5) is 4.39 Å². The maximum Gasteiger partial charge on any atom is 0.249 e. The molecular formula is C18H20FN3O3. The number of carbonyl (C=O) groups excluding carboxylic acids is 1. The highest BCUT2D eigenvalue weighted by Crippen LogP contribution is 2.33. The van der Waals surface area contributed by atoms with Crippen molar-refractivity contribution in [3.05, 3.63) is 47.4 Å².